The van der Waals surface area contributed by atoms with Gasteiger partial charge in [0.05, 0.1) is 67.9 Å². The van der Waals surface area contributed by atoms with Gasteiger partial charge in [-0.25, -0.2) is 39.9 Å². The first-order chi connectivity index (χ1) is 60.9. The predicted octanol–water partition coefficient (Wildman–Crippen LogP) is 16.1. The lowest BCUT2D eigenvalue weighted by molar-refractivity contribution is -0.389. The molecular weight excluding hydrogens is 1500 g/mol. The summed E-state index contributed by atoms with van der Waals surface area (Å²) in [5.41, 5.74) is 38.0. The minimum atomic E-state index is 0.839. The van der Waals surface area contributed by atoms with Gasteiger partial charge in [-0.05, 0) is 195 Å². The van der Waals surface area contributed by atoms with Crippen molar-refractivity contribution < 1.29 is 20.0 Å². The van der Waals surface area contributed by atoms with Crippen LogP contribution in [0.4, 0.5) is 11.4 Å². The van der Waals surface area contributed by atoms with Crippen LogP contribution in [0.3, 0.4) is 0 Å². The first-order valence-corrected chi connectivity index (χ1v) is 41.8. The summed E-state index contributed by atoms with van der Waals surface area (Å²) < 4.78 is 0. The summed E-state index contributed by atoms with van der Waals surface area (Å²) >= 11 is 0. The van der Waals surface area contributed by atoms with Crippen molar-refractivity contribution in [3.63, 3.8) is 0 Å². The van der Waals surface area contributed by atoms with Crippen molar-refractivity contribution in [2.75, 3.05) is 22.9 Å². The van der Waals surface area contributed by atoms with E-state index in [4.69, 9.17) is 20.0 Å². The van der Waals surface area contributed by atoms with E-state index in [9.17, 15) is 0 Å². The molecule has 580 valence electrons. The van der Waals surface area contributed by atoms with Crippen LogP contribution in [0, 0.1) is 0 Å². The average Bonchev–Trinajstić information content (AvgIpc) is 1.62. The van der Waals surface area contributed by atoms with E-state index in [1.807, 2.05) is 0 Å². The fourth-order valence-corrected chi connectivity index (χ4v) is 17.7. The van der Waals surface area contributed by atoms with Gasteiger partial charge < -0.3 is 19.6 Å². The molecule has 16 bridgehead atoms. The van der Waals surface area contributed by atoms with Gasteiger partial charge in [0.2, 0.25) is 45.6 Å². The van der Waals surface area contributed by atoms with Gasteiger partial charge in [0, 0.05) is 134 Å². The molecule has 12 heteroatoms. The van der Waals surface area contributed by atoms with E-state index in [2.05, 4.69) is 466 Å². The largest absolute Gasteiger partial charge is 0.354 e. The van der Waals surface area contributed by atoms with E-state index in [0.717, 1.165) is 234 Å². The molecule has 8 aromatic carbocycles. The Morgan fingerprint density at radius 1 is 0.195 bits per heavy atom. The Balaban J connectivity index is 0.466. The number of fused-ring (bicyclic) bond motifs is 8. The zero-order valence-electron chi connectivity index (χ0n) is 67.1. The molecule has 0 saturated heterocycles. The van der Waals surface area contributed by atoms with E-state index in [1.165, 1.54) is 0 Å². The van der Waals surface area contributed by atoms with Crippen LogP contribution in [-0.4, -0.2) is 68.6 Å². The van der Waals surface area contributed by atoms with E-state index in [0.29, 0.717) is 0 Å². The molecule has 0 unspecified atom stereocenters. The second kappa shape index (κ2) is 31.8. The predicted molar refractivity (Wildman–Crippen MR) is 504 cm³/mol. The Hall–Kier alpha value is -16.4. The van der Waals surface area contributed by atoms with Crippen LogP contribution in [0.1, 0.15) is 50.9 Å². The molecule has 123 heavy (non-hydrogen) atoms. The molecule has 0 radical (unpaired) electrons. The number of hydrogen-bond acceptors (Lipinski definition) is 8. The molecule has 8 aromatic rings. The fraction of sp³-hybridized carbons (Fsp3) is 0.0270. The van der Waals surface area contributed by atoms with Crippen LogP contribution in [-0.2, 0) is 0 Å². The number of allylic oxidation sites excluding steroid dienone is 36. The minimum Gasteiger partial charge on any atom is -0.354 e. The summed E-state index contributed by atoms with van der Waals surface area (Å²) in [6.07, 6.45) is 70.6. The van der Waals surface area contributed by atoms with Crippen molar-refractivity contribution in [1.29, 1.82) is 0 Å². The number of benzene rings is 8. The van der Waals surface area contributed by atoms with Gasteiger partial charge in [0.25, 0.3) is 0 Å². The zero-order valence-corrected chi connectivity index (χ0v) is 67.1. The van der Waals surface area contributed by atoms with Gasteiger partial charge in [-0.3, -0.25) is 0 Å². The van der Waals surface area contributed by atoms with Gasteiger partial charge in [0.1, 0.15) is 11.1 Å². The maximum atomic E-state index is 5.53. The topological polar surface area (TPSA) is 118 Å². The number of nitrogens with zero attached hydrogens (tertiary/aromatic N) is 8. The van der Waals surface area contributed by atoms with Crippen molar-refractivity contribution >= 4 is 102 Å². The van der Waals surface area contributed by atoms with Crippen LogP contribution >= 0.6 is 0 Å². The third-order valence-electron chi connectivity index (χ3n) is 23.7. The van der Waals surface area contributed by atoms with Crippen molar-refractivity contribution in [3.05, 3.63) is 538 Å². The third-order valence-corrected chi connectivity index (χ3v) is 23.7. The second-order valence-electron chi connectivity index (χ2n) is 31.3. The summed E-state index contributed by atoms with van der Waals surface area (Å²) in [7, 11) is 0. The van der Waals surface area contributed by atoms with Crippen LogP contribution in [0.5, 0.6) is 0 Å². The van der Waals surface area contributed by atoms with E-state index < -0.39 is 0 Å². The van der Waals surface area contributed by atoms with E-state index in [1.54, 1.807) is 0 Å². The quantitative estimate of drug-likeness (QED) is 0.0867. The van der Waals surface area contributed by atoms with E-state index >= 15 is 0 Å². The van der Waals surface area contributed by atoms with Gasteiger partial charge in [-0.2, -0.15) is 0 Å². The van der Waals surface area contributed by atoms with Gasteiger partial charge in [-0.1, -0.05) is 206 Å². The highest BCUT2D eigenvalue weighted by atomic mass is 15.1. The number of nitrogens with one attached hydrogen (secondary N) is 4. The molecule has 0 saturated carbocycles. The van der Waals surface area contributed by atoms with Crippen molar-refractivity contribution in [3.8, 4) is 0 Å². The Labute approximate surface area is 714 Å². The summed E-state index contributed by atoms with van der Waals surface area (Å²) in [6.45, 7) is 1.78. The SMILES string of the molecule is C1=CC2=C(c3ccccc3)C3=[NH+]C(=C(c4ccccc4)C4=[NH+]C(=C(c5ccccc5)C5=NC(=C(c6ccc(N7C=CC(=C8C=CN(CCCN9C=CC(=C%10C=CN(c%11ccc(C%12=C%13C=CC(=N%13)C(c%13ccccc%13)=C%13C=CC(=[NH+]%13)C(c%13ccccc%13)=C%13C=CC(=[NH+]%13)C(c%13ccccc%13)=C%13C=CC%12=N%13)cc%11)C=C%10)C=C9)C=C8)C=C7)cc6)C1=N2)C=C5)C=C4)C=C3. The molecular formula is C111H80N12+4. The molecule has 0 fully saturated rings. The van der Waals surface area contributed by atoms with E-state index in [-0.39, 0.29) is 0 Å². The molecule has 0 amide bonds. The van der Waals surface area contributed by atoms with Crippen LogP contribution in [0.2, 0.25) is 0 Å². The zero-order chi connectivity index (χ0) is 81.5. The first kappa shape index (κ1) is 73.0. The Bertz CT molecular complexity index is 6480. The lowest BCUT2D eigenvalue weighted by Gasteiger charge is -2.24. The maximum absolute atomic E-state index is 5.53. The number of hydrogen-bond donors (Lipinski definition) is 4. The summed E-state index contributed by atoms with van der Waals surface area (Å²) in [4.78, 5) is 46.5. The monoisotopic (exact) mass is 1580 g/mol. The highest BCUT2D eigenvalue weighted by Gasteiger charge is 2.37. The smallest absolute Gasteiger partial charge is 0.218 e. The second-order valence-corrected chi connectivity index (χ2v) is 31.3. The highest BCUT2D eigenvalue weighted by molar-refractivity contribution is 6.40. The van der Waals surface area contributed by atoms with Gasteiger partial charge >= 0.3 is 0 Å². The highest BCUT2D eigenvalue weighted by Crippen LogP contribution is 2.40. The van der Waals surface area contributed by atoms with Gasteiger partial charge in [-0.15, -0.1) is 0 Å². The average molecular weight is 1580 g/mol. The molecule has 0 aromatic heterocycles. The van der Waals surface area contributed by atoms with Crippen LogP contribution in [0.15, 0.2) is 514 Å². The minimum absolute atomic E-state index is 0.839. The molecule has 0 spiro atoms. The number of aliphatic imine (C=N–C) groups is 4. The standard InChI is InChI=1S/C111H76N12/c1-7-20-78(21-8-1)104-88-40-44-92(112-88)106(80-24-11-3-12-25-80)96-48-52-100(116-96)110(101-53-49-97(117-101)107(81-26-13-4-14-27-81)93-45-41-89(104)113-93)84-32-36-86(37-33-84)122-70-60-76(61-71-122)74-56-66-120(67-57-74)64-19-65-121-68-58-75(59-69-121)77-62-72-123(73-63-77)87-38-34-85(35-39-87)111-102-54-50-98(118-102)108(82-28-15-5-16-29-82)94-46-42-90(114-94)105(79-22-9-2-10-23-79)91-43-47-95(115-91)109(83-30-17-6-18-31-83)99-51-55-103(111)119-99/h1-18,20-63,66-73H,19,64-65H2/p+4. The Kier molecular flexibility index (Phi) is 18.9. The third kappa shape index (κ3) is 14.3. The summed E-state index contributed by atoms with van der Waals surface area (Å²) in [5.74, 6) is 0. The normalized spacial score (nSPS) is 18.8. The first-order valence-electron chi connectivity index (χ1n) is 41.8. The molecule has 14 aliphatic rings. The number of anilines is 2. The molecule has 14 aliphatic heterocycles. The number of rotatable bonds is 14. The van der Waals surface area contributed by atoms with Gasteiger partial charge in [0.15, 0.2) is 0 Å². The Morgan fingerprint density at radius 3 is 0.732 bits per heavy atom. The summed E-state index contributed by atoms with van der Waals surface area (Å²) in [6, 6.07) is 80.9. The molecule has 12 nitrogen and oxygen atoms in total. The lowest BCUT2D eigenvalue weighted by atomic mass is 9.98. The molecule has 4 N–H and O–H groups in total. The van der Waals surface area contributed by atoms with Crippen LogP contribution in [0.25, 0.3) is 44.6 Å². The molecule has 0 aliphatic carbocycles. The van der Waals surface area contributed by atoms with Crippen molar-refractivity contribution in [1.82, 2.24) is 9.80 Å². The molecule has 22 rings (SSSR count). The Morgan fingerprint density at radius 2 is 0.431 bits per heavy atom. The van der Waals surface area contributed by atoms with Crippen molar-refractivity contribution in [2.45, 2.75) is 6.42 Å². The summed E-state index contributed by atoms with van der Waals surface area (Å²) in [5, 5.41) is 0. The molecule has 14 heterocycles. The van der Waals surface area contributed by atoms with Crippen LogP contribution < -0.4 is 29.8 Å². The molecule has 0 atom stereocenters. The lowest BCUT2D eigenvalue weighted by Crippen LogP contribution is -2.71. The maximum Gasteiger partial charge on any atom is 0.218 e. The van der Waals surface area contributed by atoms with Crippen molar-refractivity contribution in [2.24, 2.45) is 20.0 Å². The fourth-order valence-electron chi connectivity index (χ4n) is 17.7.